The first-order valence-corrected chi connectivity index (χ1v) is 13.0. The van der Waals surface area contributed by atoms with E-state index in [1.54, 1.807) is 51.1 Å². The van der Waals surface area contributed by atoms with Gasteiger partial charge in [0.15, 0.2) is 12.4 Å². The van der Waals surface area contributed by atoms with Gasteiger partial charge < -0.3 is 23.8 Å². The first-order valence-electron chi connectivity index (χ1n) is 11.9. The number of rotatable bonds is 6. The van der Waals surface area contributed by atoms with Gasteiger partial charge in [0, 0.05) is 5.56 Å². The molecule has 9 heteroatoms. The van der Waals surface area contributed by atoms with Gasteiger partial charge in [0.1, 0.15) is 23.4 Å². The monoisotopic (exact) mass is 513 g/mol. The Kier molecular flexibility index (Phi) is 8.46. The number of nitrogens with zero attached hydrogens (tertiary/aromatic N) is 1. The van der Waals surface area contributed by atoms with Crippen molar-refractivity contribution in [3.8, 4) is 0 Å². The van der Waals surface area contributed by atoms with Crippen molar-refractivity contribution in [3.05, 3.63) is 71.8 Å². The maximum atomic E-state index is 13.0. The van der Waals surface area contributed by atoms with Crippen molar-refractivity contribution in [2.75, 3.05) is 12.4 Å². The molecule has 2 fully saturated rings. The van der Waals surface area contributed by atoms with Gasteiger partial charge in [-0.05, 0) is 38.7 Å². The number of ether oxygens (including phenoxy) is 4. The summed E-state index contributed by atoms with van der Waals surface area (Å²) < 4.78 is 24.5. The van der Waals surface area contributed by atoms with Crippen molar-refractivity contribution in [2.45, 2.75) is 57.7 Å². The third kappa shape index (κ3) is 6.15. The Bertz CT molecular complexity index is 1070. The van der Waals surface area contributed by atoms with Gasteiger partial charge >= 0.3 is 11.9 Å². The van der Waals surface area contributed by atoms with E-state index in [2.05, 4.69) is 5.16 Å². The molecule has 2 aliphatic heterocycles. The summed E-state index contributed by atoms with van der Waals surface area (Å²) in [6.07, 6.45) is -2.82. The highest BCUT2D eigenvalue weighted by molar-refractivity contribution is 8.00. The number of fused-ring (bicyclic) bond motifs is 1. The Morgan fingerprint density at radius 3 is 2.33 bits per heavy atom. The van der Waals surface area contributed by atoms with Gasteiger partial charge in [-0.1, -0.05) is 60.6 Å². The van der Waals surface area contributed by atoms with E-state index < -0.39 is 47.4 Å². The van der Waals surface area contributed by atoms with Crippen molar-refractivity contribution >= 4 is 29.4 Å². The van der Waals surface area contributed by atoms with E-state index in [0.717, 1.165) is 5.56 Å². The van der Waals surface area contributed by atoms with Gasteiger partial charge in [0.25, 0.3) is 0 Å². The zero-order valence-electron chi connectivity index (χ0n) is 20.8. The molecule has 0 spiro atoms. The number of carbonyl (C=O) groups excluding carboxylic acids is 2. The van der Waals surface area contributed by atoms with E-state index >= 15 is 0 Å². The number of benzene rings is 2. The molecule has 5 atom stereocenters. The van der Waals surface area contributed by atoms with Crippen molar-refractivity contribution in [2.24, 2.45) is 10.6 Å². The Balaban J connectivity index is 1.66. The van der Waals surface area contributed by atoms with E-state index in [4.69, 9.17) is 23.8 Å². The minimum atomic E-state index is -0.932. The second-order valence-electron chi connectivity index (χ2n) is 9.48. The summed E-state index contributed by atoms with van der Waals surface area (Å²) in [6.45, 7) is 7.53. The standard InChI is InChI=1S/C27H31NO7S/c1-5-36-25-20(28-35-23(29)17-12-8-6-9-13-17)22(34-26(30)27(2,3)4)21-19(32-25)16-31-24(33-21)18-14-10-7-11-15-18/h6-15,19,21-22,24-25H,5,16H2,1-4H3/b28-20+/t19-,21-,22-,24?,25-/m1/s1. The summed E-state index contributed by atoms with van der Waals surface area (Å²) in [4.78, 5) is 30.9. The molecule has 2 saturated heterocycles. The third-order valence-corrected chi connectivity index (χ3v) is 6.66. The summed E-state index contributed by atoms with van der Waals surface area (Å²) in [5.41, 5.74) is 0.0790. The molecule has 0 aliphatic carbocycles. The van der Waals surface area contributed by atoms with Crippen LogP contribution in [0.2, 0.25) is 0 Å². The molecule has 2 aromatic carbocycles. The molecule has 0 aromatic heterocycles. The highest BCUT2D eigenvalue weighted by Crippen LogP contribution is 2.37. The molecular weight excluding hydrogens is 482 g/mol. The van der Waals surface area contributed by atoms with Crippen LogP contribution in [0.5, 0.6) is 0 Å². The lowest BCUT2D eigenvalue weighted by molar-refractivity contribution is -0.286. The molecule has 2 aromatic rings. The zero-order chi connectivity index (χ0) is 25.7. The lowest BCUT2D eigenvalue weighted by atomic mass is 9.95. The van der Waals surface area contributed by atoms with Gasteiger partial charge in [0.05, 0.1) is 17.6 Å². The fraction of sp³-hybridized carbons (Fsp3) is 0.444. The molecule has 36 heavy (non-hydrogen) atoms. The highest BCUT2D eigenvalue weighted by atomic mass is 32.2. The van der Waals surface area contributed by atoms with Crippen molar-refractivity contribution in [1.82, 2.24) is 0 Å². The Labute approximate surface area is 215 Å². The molecule has 0 radical (unpaired) electrons. The molecule has 4 rings (SSSR count). The van der Waals surface area contributed by atoms with E-state index in [-0.39, 0.29) is 12.3 Å². The second-order valence-corrected chi connectivity index (χ2v) is 10.8. The van der Waals surface area contributed by atoms with Crippen LogP contribution in [-0.2, 0) is 28.6 Å². The van der Waals surface area contributed by atoms with Crippen molar-refractivity contribution in [1.29, 1.82) is 0 Å². The number of hydrogen-bond donors (Lipinski definition) is 0. The Morgan fingerprint density at radius 2 is 1.69 bits per heavy atom. The van der Waals surface area contributed by atoms with E-state index in [1.165, 1.54) is 11.8 Å². The predicted octanol–water partition coefficient (Wildman–Crippen LogP) is 4.75. The average Bonchev–Trinajstić information content (AvgIpc) is 2.88. The lowest BCUT2D eigenvalue weighted by Gasteiger charge is -2.45. The van der Waals surface area contributed by atoms with Crippen LogP contribution < -0.4 is 0 Å². The lowest BCUT2D eigenvalue weighted by Crippen LogP contribution is -2.61. The van der Waals surface area contributed by atoms with Gasteiger partial charge in [-0.3, -0.25) is 4.79 Å². The molecule has 1 unspecified atom stereocenters. The van der Waals surface area contributed by atoms with Crippen LogP contribution in [0.4, 0.5) is 0 Å². The zero-order valence-corrected chi connectivity index (χ0v) is 21.6. The van der Waals surface area contributed by atoms with Crippen molar-refractivity contribution < 1.29 is 33.4 Å². The quantitative estimate of drug-likeness (QED) is 0.310. The van der Waals surface area contributed by atoms with Crippen LogP contribution in [0.3, 0.4) is 0 Å². The van der Waals surface area contributed by atoms with Crippen LogP contribution >= 0.6 is 11.8 Å². The van der Waals surface area contributed by atoms with Gasteiger partial charge in [-0.25, -0.2) is 4.79 Å². The van der Waals surface area contributed by atoms with Crippen LogP contribution in [0.25, 0.3) is 0 Å². The number of carbonyl (C=O) groups is 2. The third-order valence-electron chi connectivity index (χ3n) is 5.67. The second kappa shape index (κ2) is 11.6. The molecule has 192 valence electrons. The van der Waals surface area contributed by atoms with E-state index in [0.29, 0.717) is 11.3 Å². The minimum absolute atomic E-state index is 0.242. The molecule has 8 nitrogen and oxygen atoms in total. The summed E-state index contributed by atoms with van der Waals surface area (Å²) in [5.74, 6) is -0.356. The van der Waals surface area contributed by atoms with Crippen LogP contribution in [-0.4, -0.2) is 53.8 Å². The summed E-state index contributed by atoms with van der Waals surface area (Å²) in [5, 5.41) is 4.19. The largest absolute Gasteiger partial charge is 0.453 e. The molecular formula is C27H31NO7S. The Hall–Kier alpha value is -2.72. The molecule has 0 amide bonds. The topological polar surface area (TPSA) is 92.7 Å². The van der Waals surface area contributed by atoms with E-state index in [9.17, 15) is 9.59 Å². The van der Waals surface area contributed by atoms with Crippen LogP contribution in [0.1, 0.15) is 49.9 Å². The van der Waals surface area contributed by atoms with Gasteiger partial charge in [0.2, 0.25) is 0 Å². The maximum Gasteiger partial charge on any atom is 0.365 e. The SMILES string of the molecule is CCS[C@H]1O[C@@H]2COC(c3ccccc3)O[C@H]2[C@H](OC(=O)C(C)(C)C)/C1=N\OC(=O)c1ccccc1. The first kappa shape index (κ1) is 26.3. The fourth-order valence-electron chi connectivity index (χ4n) is 3.76. The van der Waals surface area contributed by atoms with Crippen molar-refractivity contribution in [3.63, 3.8) is 0 Å². The predicted molar refractivity (Wildman–Crippen MR) is 135 cm³/mol. The average molecular weight is 514 g/mol. The Morgan fingerprint density at radius 1 is 1.03 bits per heavy atom. The molecule has 2 heterocycles. The van der Waals surface area contributed by atoms with Gasteiger partial charge in [-0.15, -0.1) is 11.8 Å². The highest BCUT2D eigenvalue weighted by Gasteiger charge is 2.51. The molecule has 0 bridgehead atoms. The normalized spacial score (nSPS) is 27.2. The van der Waals surface area contributed by atoms with Gasteiger partial charge in [-0.2, -0.15) is 0 Å². The first-order chi connectivity index (χ1) is 17.3. The summed E-state index contributed by atoms with van der Waals surface area (Å²) >= 11 is 1.45. The number of oxime groups is 1. The molecule has 0 saturated carbocycles. The smallest absolute Gasteiger partial charge is 0.365 e. The maximum absolute atomic E-state index is 13.0. The van der Waals surface area contributed by atoms with Crippen LogP contribution in [0.15, 0.2) is 65.8 Å². The number of thioether (sulfide) groups is 1. The number of esters is 1. The van der Waals surface area contributed by atoms with E-state index in [1.807, 2.05) is 37.3 Å². The molecule has 0 N–H and O–H groups in total. The van der Waals surface area contributed by atoms with Crippen LogP contribution in [0, 0.1) is 5.41 Å². The minimum Gasteiger partial charge on any atom is -0.453 e. The summed E-state index contributed by atoms with van der Waals surface area (Å²) in [7, 11) is 0. The number of hydrogen-bond acceptors (Lipinski definition) is 9. The fourth-order valence-corrected chi connectivity index (χ4v) is 4.63. The summed E-state index contributed by atoms with van der Waals surface area (Å²) in [6, 6.07) is 18.1. The molecule has 2 aliphatic rings.